The first kappa shape index (κ1) is 20.9. The smallest absolute Gasteiger partial charge is 0.343 e. The number of amides is 1. The number of benzene rings is 1. The molecule has 0 spiro atoms. The molecule has 1 amide bonds. The maximum atomic E-state index is 12.6. The number of nitrogens with zero attached hydrogens (tertiary/aromatic N) is 2. The first-order chi connectivity index (χ1) is 13.9. The number of aryl methyl sites for hydroxylation is 2. The van der Waals surface area contributed by atoms with Crippen molar-refractivity contribution in [1.82, 2.24) is 9.97 Å². The maximum Gasteiger partial charge on any atom is 0.343 e. The summed E-state index contributed by atoms with van der Waals surface area (Å²) in [5, 5.41) is 3.62. The van der Waals surface area contributed by atoms with Crippen molar-refractivity contribution in [2.75, 3.05) is 18.2 Å². The van der Waals surface area contributed by atoms with Gasteiger partial charge in [-0.2, -0.15) is 0 Å². The van der Waals surface area contributed by atoms with Crippen LogP contribution in [0, 0.1) is 13.8 Å². The molecule has 9 heteroatoms. The fourth-order valence-corrected chi connectivity index (χ4v) is 3.31. The summed E-state index contributed by atoms with van der Waals surface area (Å²) in [5.74, 6) is -0.272. The van der Waals surface area contributed by atoms with Crippen molar-refractivity contribution in [2.24, 2.45) is 0 Å². The molecule has 0 aliphatic rings. The standard InChI is InChI=1S/C20H18ClN3O4S/c1-11-6-7-13(9-14(11)21)23-16(25)10-28-20(26)17-12(2)22-18(24-19(17)29-3)15-5-4-8-27-15/h4-9H,10H2,1-3H3,(H,23,25). The van der Waals surface area contributed by atoms with Gasteiger partial charge in [0.2, 0.25) is 0 Å². The van der Waals surface area contributed by atoms with E-state index in [-0.39, 0.29) is 5.56 Å². The van der Waals surface area contributed by atoms with Crippen LogP contribution in [-0.2, 0) is 9.53 Å². The molecule has 0 atom stereocenters. The highest BCUT2D eigenvalue weighted by Crippen LogP contribution is 2.26. The Kier molecular flexibility index (Phi) is 6.56. The SMILES string of the molecule is CSc1nc(-c2ccco2)nc(C)c1C(=O)OCC(=O)Nc1ccc(C)c(Cl)c1. The van der Waals surface area contributed by atoms with Crippen LogP contribution in [0.15, 0.2) is 46.0 Å². The summed E-state index contributed by atoms with van der Waals surface area (Å²) in [6, 6.07) is 8.61. The molecule has 3 rings (SSSR count). The average molecular weight is 432 g/mol. The molecule has 7 nitrogen and oxygen atoms in total. The van der Waals surface area contributed by atoms with E-state index in [1.807, 2.05) is 6.92 Å². The molecule has 0 saturated carbocycles. The Bertz CT molecular complexity index is 1050. The molecule has 0 aliphatic carbocycles. The molecule has 29 heavy (non-hydrogen) atoms. The highest BCUT2D eigenvalue weighted by atomic mass is 35.5. The Morgan fingerprint density at radius 2 is 2.03 bits per heavy atom. The van der Waals surface area contributed by atoms with E-state index >= 15 is 0 Å². The summed E-state index contributed by atoms with van der Waals surface area (Å²) in [4.78, 5) is 33.4. The van der Waals surface area contributed by atoms with Crippen molar-refractivity contribution in [1.29, 1.82) is 0 Å². The molecule has 0 bridgehead atoms. The van der Waals surface area contributed by atoms with Crippen LogP contribution < -0.4 is 5.32 Å². The molecule has 2 heterocycles. The molecule has 0 fully saturated rings. The second-order valence-electron chi connectivity index (χ2n) is 6.08. The number of carbonyl (C=O) groups excluding carboxylic acids is 2. The minimum atomic E-state index is -0.671. The number of ether oxygens (including phenoxy) is 1. The molecule has 0 aliphatic heterocycles. The number of thioether (sulfide) groups is 1. The lowest BCUT2D eigenvalue weighted by Crippen LogP contribution is -2.22. The van der Waals surface area contributed by atoms with Crippen LogP contribution in [0.25, 0.3) is 11.6 Å². The van der Waals surface area contributed by atoms with Gasteiger partial charge in [0.25, 0.3) is 5.91 Å². The first-order valence-corrected chi connectivity index (χ1v) is 10.2. The second-order valence-corrected chi connectivity index (χ2v) is 7.28. The third-order valence-corrected chi connectivity index (χ3v) is 5.08. The summed E-state index contributed by atoms with van der Waals surface area (Å²) >= 11 is 7.33. The Balaban J connectivity index is 1.70. The monoisotopic (exact) mass is 431 g/mol. The molecule has 150 valence electrons. The lowest BCUT2D eigenvalue weighted by Gasteiger charge is -2.11. The summed E-state index contributed by atoms with van der Waals surface area (Å²) in [7, 11) is 0. The highest BCUT2D eigenvalue weighted by Gasteiger charge is 2.22. The van der Waals surface area contributed by atoms with E-state index in [4.69, 9.17) is 20.8 Å². The van der Waals surface area contributed by atoms with Crippen molar-refractivity contribution in [3.63, 3.8) is 0 Å². The van der Waals surface area contributed by atoms with Gasteiger partial charge in [0.1, 0.15) is 10.6 Å². The Hall–Kier alpha value is -2.84. The van der Waals surface area contributed by atoms with Gasteiger partial charge in [0.15, 0.2) is 18.2 Å². The third kappa shape index (κ3) is 4.96. The topological polar surface area (TPSA) is 94.3 Å². The number of rotatable bonds is 6. The largest absolute Gasteiger partial charge is 0.461 e. The zero-order chi connectivity index (χ0) is 21.0. The van der Waals surface area contributed by atoms with E-state index < -0.39 is 18.5 Å². The minimum absolute atomic E-state index is 0.221. The maximum absolute atomic E-state index is 12.6. The molecular weight excluding hydrogens is 414 g/mol. The molecule has 0 unspecified atom stereocenters. The van der Waals surface area contributed by atoms with E-state index in [1.165, 1.54) is 18.0 Å². The van der Waals surface area contributed by atoms with Crippen LogP contribution in [0.3, 0.4) is 0 Å². The van der Waals surface area contributed by atoms with Crippen LogP contribution in [0.1, 0.15) is 21.6 Å². The van der Waals surface area contributed by atoms with Crippen LogP contribution in [-0.4, -0.2) is 34.7 Å². The Morgan fingerprint density at radius 3 is 2.69 bits per heavy atom. The molecule has 0 saturated heterocycles. The van der Waals surface area contributed by atoms with Crippen molar-refractivity contribution < 1.29 is 18.7 Å². The minimum Gasteiger partial charge on any atom is -0.461 e. The fraction of sp³-hybridized carbons (Fsp3) is 0.200. The lowest BCUT2D eigenvalue weighted by molar-refractivity contribution is -0.119. The van der Waals surface area contributed by atoms with Gasteiger partial charge in [0, 0.05) is 10.7 Å². The summed E-state index contributed by atoms with van der Waals surface area (Å²) < 4.78 is 10.5. The van der Waals surface area contributed by atoms with Crippen LogP contribution in [0.2, 0.25) is 5.02 Å². The lowest BCUT2D eigenvalue weighted by atomic mass is 10.2. The number of nitrogens with one attached hydrogen (secondary N) is 1. The zero-order valence-electron chi connectivity index (χ0n) is 16.0. The third-order valence-electron chi connectivity index (χ3n) is 3.99. The average Bonchev–Trinajstić information content (AvgIpc) is 3.23. The van der Waals surface area contributed by atoms with E-state index in [9.17, 15) is 9.59 Å². The van der Waals surface area contributed by atoms with Gasteiger partial charge in [-0.15, -0.1) is 11.8 Å². The van der Waals surface area contributed by atoms with Crippen LogP contribution in [0.4, 0.5) is 5.69 Å². The fourth-order valence-electron chi connectivity index (χ4n) is 2.52. The first-order valence-electron chi connectivity index (χ1n) is 8.58. The normalized spacial score (nSPS) is 10.6. The van der Waals surface area contributed by atoms with Crippen molar-refractivity contribution in [3.8, 4) is 11.6 Å². The van der Waals surface area contributed by atoms with Crippen LogP contribution >= 0.6 is 23.4 Å². The molecule has 1 N–H and O–H groups in total. The summed E-state index contributed by atoms with van der Waals surface area (Å²) in [5.41, 5.74) is 2.08. The van der Waals surface area contributed by atoms with Gasteiger partial charge in [-0.25, -0.2) is 14.8 Å². The van der Waals surface area contributed by atoms with Gasteiger partial charge in [-0.05, 0) is 49.9 Å². The van der Waals surface area contributed by atoms with E-state index in [0.29, 0.717) is 33.0 Å². The quantitative estimate of drug-likeness (QED) is 0.348. The van der Waals surface area contributed by atoms with Crippen molar-refractivity contribution in [2.45, 2.75) is 18.9 Å². The Labute approximate surface area is 176 Å². The van der Waals surface area contributed by atoms with Gasteiger partial charge in [-0.3, -0.25) is 4.79 Å². The highest BCUT2D eigenvalue weighted by molar-refractivity contribution is 7.98. The molecule has 2 aromatic heterocycles. The zero-order valence-corrected chi connectivity index (χ0v) is 17.6. The second kappa shape index (κ2) is 9.11. The predicted molar refractivity (Wildman–Crippen MR) is 111 cm³/mol. The van der Waals surface area contributed by atoms with Gasteiger partial charge >= 0.3 is 5.97 Å². The van der Waals surface area contributed by atoms with Crippen molar-refractivity contribution in [3.05, 3.63) is 58.4 Å². The molecule has 1 aromatic carbocycles. The number of carbonyl (C=O) groups is 2. The summed E-state index contributed by atoms with van der Waals surface area (Å²) in [6.45, 7) is 3.09. The van der Waals surface area contributed by atoms with Crippen molar-refractivity contribution >= 4 is 40.9 Å². The molecule has 0 radical (unpaired) electrons. The number of aromatic nitrogens is 2. The molecular formula is C20H18ClN3O4S. The van der Waals surface area contributed by atoms with Gasteiger partial charge in [0.05, 0.1) is 12.0 Å². The number of anilines is 1. The number of esters is 1. The number of halogens is 1. The van der Waals surface area contributed by atoms with E-state index in [0.717, 1.165) is 5.56 Å². The number of hydrogen-bond acceptors (Lipinski definition) is 7. The van der Waals surface area contributed by atoms with E-state index in [1.54, 1.807) is 43.5 Å². The summed E-state index contributed by atoms with van der Waals surface area (Å²) in [6.07, 6.45) is 3.31. The van der Waals surface area contributed by atoms with Gasteiger partial charge < -0.3 is 14.5 Å². The predicted octanol–water partition coefficient (Wildman–Crippen LogP) is 4.52. The van der Waals surface area contributed by atoms with E-state index in [2.05, 4.69) is 15.3 Å². The number of hydrogen-bond donors (Lipinski definition) is 1. The van der Waals surface area contributed by atoms with Crippen LogP contribution in [0.5, 0.6) is 0 Å². The number of furan rings is 1. The van der Waals surface area contributed by atoms with Gasteiger partial charge in [-0.1, -0.05) is 17.7 Å². The molecule has 3 aromatic rings. The Morgan fingerprint density at radius 1 is 1.24 bits per heavy atom.